The second-order valence-corrected chi connectivity index (χ2v) is 17.6. The van der Waals surface area contributed by atoms with Crippen molar-refractivity contribution in [2.45, 2.75) is 82.1 Å². The lowest BCUT2D eigenvalue weighted by molar-refractivity contribution is -0.222. The van der Waals surface area contributed by atoms with E-state index in [2.05, 4.69) is 10.3 Å². The summed E-state index contributed by atoms with van der Waals surface area (Å²) < 4.78 is 85.8. The number of aromatic nitrogens is 2. The number of nitrogens with one attached hydrogen (secondary N) is 2. The minimum Gasteiger partial charge on any atom is -0.444 e. The zero-order valence-electron chi connectivity index (χ0n) is 29.4. The predicted octanol–water partition coefficient (Wildman–Crippen LogP) is 0.110. The molecular weight excluding hydrogens is 754 g/mol. The summed E-state index contributed by atoms with van der Waals surface area (Å²) in [4.78, 5) is 41.2. The van der Waals surface area contributed by atoms with Gasteiger partial charge in [-0.25, -0.2) is 9.59 Å². The van der Waals surface area contributed by atoms with E-state index in [1.165, 1.54) is 6.92 Å². The van der Waals surface area contributed by atoms with Crippen LogP contribution in [-0.4, -0.2) is 117 Å². The standard InChI is InChI=1S/C31H44ClN3O15S2/c1-18-13-35(27(39)34-26(18)38)31(11-22(37)23(14-36)48-31)25-21(12-33-28(40)50-29(2,3)4)24(45-15-19-7-9-20(32)10-8-19)30(49-25,16-46-51(5,41)42)17-47-52(6,43)44/h7-10,13,21-25,36-37H,11-12,14-17H2,1-6H3,(H,33,40)(H,34,38,39)/t21-,22+,23-,24+,25-,31+/m1/s1. The molecule has 52 heavy (non-hydrogen) atoms. The molecule has 4 N–H and O–H groups in total. The van der Waals surface area contributed by atoms with Crippen molar-refractivity contribution in [3.63, 3.8) is 0 Å². The summed E-state index contributed by atoms with van der Waals surface area (Å²) in [7, 11) is -8.50. The number of amides is 1. The van der Waals surface area contributed by atoms with E-state index in [0.717, 1.165) is 23.3 Å². The summed E-state index contributed by atoms with van der Waals surface area (Å²) in [5.74, 6) is -1.23. The Bertz CT molecular complexity index is 1890. The number of alkyl carbamates (subject to hydrolysis) is 1. The van der Waals surface area contributed by atoms with Gasteiger partial charge < -0.3 is 34.5 Å². The van der Waals surface area contributed by atoms with Crippen LogP contribution in [-0.2, 0) is 59.9 Å². The minimum atomic E-state index is -4.25. The molecule has 6 atom stereocenters. The number of halogens is 1. The van der Waals surface area contributed by atoms with Gasteiger partial charge in [-0.05, 0) is 45.4 Å². The molecule has 0 unspecified atom stereocenters. The van der Waals surface area contributed by atoms with Crippen molar-refractivity contribution < 1.29 is 59.2 Å². The number of aliphatic hydroxyl groups excluding tert-OH is 2. The Labute approximate surface area is 305 Å². The van der Waals surface area contributed by atoms with Crippen LogP contribution in [0.1, 0.15) is 38.3 Å². The smallest absolute Gasteiger partial charge is 0.407 e. The van der Waals surface area contributed by atoms with Gasteiger partial charge in [-0.1, -0.05) is 23.7 Å². The number of H-pyrrole nitrogens is 1. The third-order valence-corrected chi connectivity index (χ3v) is 9.70. The molecule has 4 rings (SSSR count). The fourth-order valence-corrected chi connectivity index (χ4v) is 7.10. The lowest BCUT2D eigenvalue weighted by Crippen LogP contribution is -2.56. The van der Waals surface area contributed by atoms with Crippen molar-refractivity contribution in [3.05, 3.63) is 67.4 Å². The SMILES string of the molecule is Cc1cn([C@@]2([C@@H]3OC(COS(C)(=O)=O)(COS(C)(=O)=O)[C@@H](OCc4ccc(Cl)cc4)[C@H]3CNC(=O)OC(C)(C)C)C[C@H](O)[C@@H](CO)O2)c(=O)[nH]c1=O. The first kappa shape index (κ1) is 41.8. The van der Waals surface area contributed by atoms with Crippen molar-refractivity contribution in [3.8, 4) is 0 Å². The highest BCUT2D eigenvalue weighted by Crippen LogP contribution is 2.50. The number of aliphatic hydroxyl groups is 2. The van der Waals surface area contributed by atoms with Crippen LogP contribution in [0.3, 0.4) is 0 Å². The third-order valence-electron chi connectivity index (χ3n) is 8.36. The Kier molecular flexibility index (Phi) is 12.7. The number of nitrogens with zero attached hydrogens (tertiary/aromatic N) is 1. The molecule has 1 amide bonds. The van der Waals surface area contributed by atoms with Gasteiger partial charge in [0.25, 0.3) is 25.8 Å². The maximum Gasteiger partial charge on any atom is 0.407 e. The van der Waals surface area contributed by atoms with Crippen LogP contribution >= 0.6 is 11.6 Å². The Morgan fingerprint density at radius 1 is 1.08 bits per heavy atom. The molecule has 2 fully saturated rings. The van der Waals surface area contributed by atoms with E-state index in [1.807, 2.05) is 0 Å². The number of ether oxygens (including phenoxy) is 4. The van der Waals surface area contributed by atoms with Gasteiger partial charge in [0, 0.05) is 35.7 Å². The zero-order valence-corrected chi connectivity index (χ0v) is 31.7. The second kappa shape index (κ2) is 15.8. The number of aromatic amines is 1. The van der Waals surface area contributed by atoms with Gasteiger partial charge in [0.2, 0.25) is 0 Å². The number of benzene rings is 1. The Hall–Kier alpha value is -2.92. The Morgan fingerprint density at radius 3 is 2.19 bits per heavy atom. The fourth-order valence-electron chi connectivity index (χ4n) is 6.14. The number of carbonyl (C=O) groups excluding carboxylic acids is 1. The average molecular weight is 798 g/mol. The average Bonchev–Trinajstić information content (AvgIpc) is 3.53. The number of aryl methyl sites for hydroxylation is 1. The van der Waals surface area contributed by atoms with Crippen molar-refractivity contribution in [1.82, 2.24) is 14.9 Å². The van der Waals surface area contributed by atoms with Crippen molar-refractivity contribution in [1.29, 1.82) is 0 Å². The lowest BCUT2D eigenvalue weighted by Gasteiger charge is -2.39. The monoisotopic (exact) mass is 797 g/mol. The number of hydrogen-bond donors (Lipinski definition) is 4. The van der Waals surface area contributed by atoms with Gasteiger partial charge >= 0.3 is 11.8 Å². The van der Waals surface area contributed by atoms with Crippen LogP contribution < -0.4 is 16.6 Å². The molecule has 2 aliphatic rings. The van der Waals surface area contributed by atoms with E-state index in [0.29, 0.717) is 10.6 Å². The number of hydrogen-bond acceptors (Lipinski definition) is 15. The summed E-state index contributed by atoms with van der Waals surface area (Å²) in [6.07, 6.45) is -4.47. The summed E-state index contributed by atoms with van der Waals surface area (Å²) in [5, 5.41) is 24.3. The molecule has 0 spiro atoms. The van der Waals surface area contributed by atoms with Crippen LogP contribution in [0, 0.1) is 12.8 Å². The van der Waals surface area contributed by atoms with Gasteiger partial charge in [-0.3, -0.25) is 22.7 Å². The highest BCUT2D eigenvalue weighted by atomic mass is 35.5. The first-order valence-corrected chi connectivity index (χ1v) is 20.0. The molecule has 0 bridgehead atoms. The fraction of sp³-hybridized carbons (Fsp3) is 0.645. The molecular formula is C31H44ClN3O15S2. The van der Waals surface area contributed by atoms with E-state index >= 15 is 0 Å². The van der Waals surface area contributed by atoms with Gasteiger partial charge in [0.15, 0.2) is 5.72 Å². The van der Waals surface area contributed by atoms with Crippen molar-refractivity contribution >= 4 is 37.9 Å². The van der Waals surface area contributed by atoms with Gasteiger partial charge in [0.05, 0.1) is 37.9 Å². The molecule has 2 saturated heterocycles. The first-order valence-electron chi connectivity index (χ1n) is 16.0. The Morgan fingerprint density at radius 2 is 1.67 bits per heavy atom. The number of rotatable bonds is 14. The topological polar surface area (TPSA) is 248 Å². The quantitative estimate of drug-likeness (QED) is 0.185. The highest BCUT2D eigenvalue weighted by molar-refractivity contribution is 7.86. The van der Waals surface area contributed by atoms with E-state index in [1.54, 1.807) is 45.0 Å². The molecule has 292 valence electrons. The van der Waals surface area contributed by atoms with Gasteiger partial charge in [-0.2, -0.15) is 16.8 Å². The largest absolute Gasteiger partial charge is 0.444 e. The van der Waals surface area contributed by atoms with E-state index in [4.69, 9.17) is 38.9 Å². The summed E-state index contributed by atoms with van der Waals surface area (Å²) in [6.45, 7) is 3.11. The molecule has 2 aliphatic heterocycles. The molecule has 0 aliphatic carbocycles. The third kappa shape index (κ3) is 10.2. The van der Waals surface area contributed by atoms with E-state index in [-0.39, 0.29) is 12.2 Å². The first-order chi connectivity index (χ1) is 24.0. The molecule has 18 nitrogen and oxygen atoms in total. The zero-order chi connectivity index (χ0) is 38.9. The normalized spacial score (nSPS) is 26.4. The van der Waals surface area contributed by atoms with Gasteiger partial charge in [-0.15, -0.1) is 0 Å². The minimum absolute atomic E-state index is 0.0357. The predicted molar refractivity (Wildman–Crippen MR) is 184 cm³/mol. The summed E-state index contributed by atoms with van der Waals surface area (Å²) in [6, 6.07) is 6.45. The second-order valence-electron chi connectivity index (χ2n) is 13.8. The summed E-state index contributed by atoms with van der Waals surface area (Å²) >= 11 is 6.06. The molecule has 0 saturated carbocycles. The molecule has 1 aromatic carbocycles. The lowest BCUT2D eigenvalue weighted by atomic mass is 9.83. The molecule has 3 heterocycles. The number of carbonyl (C=O) groups is 1. The molecule has 21 heteroatoms. The van der Waals surface area contributed by atoms with Crippen LogP contribution in [0.4, 0.5) is 4.79 Å². The van der Waals surface area contributed by atoms with Crippen LogP contribution in [0.5, 0.6) is 0 Å². The van der Waals surface area contributed by atoms with E-state index < -0.39 is 118 Å². The van der Waals surface area contributed by atoms with Crippen LogP contribution in [0.2, 0.25) is 5.02 Å². The Balaban J connectivity index is 1.98. The molecule has 1 aromatic heterocycles. The maximum absolute atomic E-state index is 13.6. The molecule has 0 radical (unpaired) electrons. The van der Waals surface area contributed by atoms with Crippen LogP contribution in [0.15, 0.2) is 40.1 Å². The van der Waals surface area contributed by atoms with E-state index in [9.17, 15) is 41.4 Å². The molecule has 2 aromatic rings. The van der Waals surface area contributed by atoms with Crippen molar-refractivity contribution in [2.75, 3.05) is 38.9 Å². The highest BCUT2D eigenvalue weighted by Gasteiger charge is 2.66. The van der Waals surface area contributed by atoms with Gasteiger partial charge in [0.1, 0.15) is 36.6 Å². The summed E-state index contributed by atoms with van der Waals surface area (Å²) in [5.41, 5.74) is -6.38. The maximum atomic E-state index is 13.6. The van der Waals surface area contributed by atoms with Crippen molar-refractivity contribution in [2.24, 2.45) is 5.92 Å². The van der Waals surface area contributed by atoms with Crippen LogP contribution in [0.25, 0.3) is 0 Å².